The van der Waals surface area contributed by atoms with Crippen LogP contribution in [0.1, 0.15) is 61.1 Å². The maximum atomic E-state index is 12.9. The summed E-state index contributed by atoms with van der Waals surface area (Å²) in [5.74, 6) is 0.667. The third-order valence-corrected chi connectivity index (χ3v) is 8.35. The largest absolute Gasteiger partial charge is 0.461 e. The standard InChI is InChI=1S/C27H33BrN6O3/c1-2-37-27(35)20-17-21(33-11-9-19(10-12-33)32-13-15-36-16-14-32)24-25(18-5-3-6-18)31-34(26(24)29-20)23-8-4-7-22(28)30-23/h4,7-8,17-19H,2-3,5-6,9-16H2,1H3. The highest BCUT2D eigenvalue weighted by atomic mass is 79.9. The van der Waals surface area contributed by atoms with Gasteiger partial charge >= 0.3 is 5.97 Å². The van der Waals surface area contributed by atoms with Crippen LogP contribution in [0.3, 0.4) is 0 Å². The molecule has 9 nitrogen and oxygen atoms in total. The molecule has 2 saturated heterocycles. The Labute approximate surface area is 225 Å². The fourth-order valence-electron chi connectivity index (χ4n) is 5.74. The number of rotatable bonds is 6. The van der Waals surface area contributed by atoms with Gasteiger partial charge in [0.05, 0.1) is 36.6 Å². The van der Waals surface area contributed by atoms with E-state index in [1.54, 1.807) is 4.68 Å². The monoisotopic (exact) mass is 568 g/mol. The van der Waals surface area contributed by atoms with Crippen LogP contribution >= 0.6 is 15.9 Å². The Bertz CT molecular complexity index is 1280. The summed E-state index contributed by atoms with van der Waals surface area (Å²) in [4.78, 5) is 27.4. The highest BCUT2D eigenvalue weighted by Gasteiger charge is 2.33. The van der Waals surface area contributed by atoms with E-state index in [2.05, 4.69) is 30.7 Å². The fraction of sp³-hybridized carbons (Fsp3) is 0.556. The minimum Gasteiger partial charge on any atom is -0.461 e. The van der Waals surface area contributed by atoms with E-state index in [9.17, 15) is 4.79 Å². The number of fused-ring (bicyclic) bond motifs is 1. The van der Waals surface area contributed by atoms with Gasteiger partial charge in [-0.2, -0.15) is 9.78 Å². The number of carbonyl (C=O) groups is 1. The maximum absolute atomic E-state index is 12.9. The zero-order valence-corrected chi connectivity index (χ0v) is 22.8. The van der Waals surface area contributed by atoms with Gasteiger partial charge < -0.3 is 14.4 Å². The van der Waals surface area contributed by atoms with Crippen LogP contribution in [0.2, 0.25) is 0 Å². The number of pyridine rings is 2. The van der Waals surface area contributed by atoms with Gasteiger partial charge in [0.2, 0.25) is 0 Å². The lowest BCUT2D eigenvalue weighted by atomic mass is 9.82. The Kier molecular flexibility index (Phi) is 7.14. The average molecular weight is 570 g/mol. The molecule has 3 fully saturated rings. The number of piperidine rings is 1. The minimum absolute atomic E-state index is 0.304. The smallest absolute Gasteiger partial charge is 0.357 e. The zero-order chi connectivity index (χ0) is 25.4. The molecular formula is C27H33BrN6O3. The fourth-order valence-corrected chi connectivity index (χ4v) is 6.07. The molecule has 37 heavy (non-hydrogen) atoms. The topological polar surface area (TPSA) is 85.6 Å². The van der Waals surface area contributed by atoms with Crippen molar-refractivity contribution in [2.24, 2.45) is 0 Å². The molecule has 0 unspecified atom stereocenters. The number of aromatic nitrogens is 4. The van der Waals surface area contributed by atoms with E-state index in [1.165, 1.54) is 6.42 Å². The van der Waals surface area contributed by atoms with Gasteiger partial charge in [0, 0.05) is 38.1 Å². The summed E-state index contributed by atoms with van der Waals surface area (Å²) in [5.41, 5.74) is 3.09. The van der Waals surface area contributed by atoms with Crippen molar-refractivity contribution in [3.05, 3.63) is 40.3 Å². The van der Waals surface area contributed by atoms with E-state index in [1.807, 2.05) is 31.2 Å². The summed E-state index contributed by atoms with van der Waals surface area (Å²) in [5, 5.41) is 6.13. The summed E-state index contributed by atoms with van der Waals surface area (Å²) in [6.45, 7) is 7.63. The molecule has 1 saturated carbocycles. The van der Waals surface area contributed by atoms with Gasteiger partial charge in [-0.25, -0.2) is 14.8 Å². The number of ether oxygens (including phenoxy) is 2. The lowest BCUT2D eigenvalue weighted by molar-refractivity contribution is 0.0115. The number of hydrogen-bond donors (Lipinski definition) is 0. The molecule has 1 aliphatic carbocycles. The number of anilines is 1. The van der Waals surface area contributed by atoms with Crippen LogP contribution in [0.4, 0.5) is 5.69 Å². The van der Waals surface area contributed by atoms with Gasteiger partial charge in [-0.1, -0.05) is 12.5 Å². The minimum atomic E-state index is -0.408. The van der Waals surface area contributed by atoms with Crippen molar-refractivity contribution < 1.29 is 14.3 Å². The van der Waals surface area contributed by atoms with Crippen molar-refractivity contribution >= 4 is 38.6 Å². The average Bonchev–Trinajstić information content (AvgIpc) is 3.27. The highest BCUT2D eigenvalue weighted by Crippen LogP contribution is 2.43. The Morgan fingerprint density at radius 3 is 2.57 bits per heavy atom. The van der Waals surface area contributed by atoms with Crippen molar-refractivity contribution in [2.75, 3.05) is 50.9 Å². The second kappa shape index (κ2) is 10.7. The molecule has 2 aliphatic heterocycles. The number of nitrogens with zero attached hydrogens (tertiary/aromatic N) is 6. The van der Waals surface area contributed by atoms with E-state index >= 15 is 0 Å². The first-order valence-corrected chi connectivity index (χ1v) is 14.2. The molecule has 196 valence electrons. The molecule has 0 atom stereocenters. The van der Waals surface area contributed by atoms with Crippen LogP contribution in [0.5, 0.6) is 0 Å². The number of hydrogen-bond acceptors (Lipinski definition) is 8. The quantitative estimate of drug-likeness (QED) is 0.321. The summed E-state index contributed by atoms with van der Waals surface area (Å²) in [7, 11) is 0. The molecule has 6 rings (SSSR count). The van der Waals surface area contributed by atoms with E-state index in [4.69, 9.17) is 19.6 Å². The van der Waals surface area contributed by atoms with Crippen LogP contribution in [0.25, 0.3) is 16.9 Å². The molecule has 0 radical (unpaired) electrons. The SMILES string of the molecule is CCOC(=O)c1cc(N2CCC(N3CCOCC3)CC2)c2c(C3CCC3)nn(-c3cccc(Br)n3)c2n1. The Hall–Kier alpha value is -2.56. The molecular weight excluding hydrogens is 536 g/mol. The maximum Gasteiger partial charge on any atom is 0.357 e. The number of halogens is 1. The first-order valence-electron chi connectivity index (χ1n) is 13.4. The number of esters is 1. The lowest BCUT2D eigenvalue weighted by Gasteiger charge is -2.41. The van der Waals surface area contributed by atoms with Gasteiger partial charge in [0.1, 0.15) is 4.60 Å². The van der Waals surface area contributed by atoms with Crippen LogP contribution in [-0.4, -0.2) is 82.7 Å². The molecule has 3 aliphatic rings. The predicted molar refractivity (Wildman–Crippen MR) is 145 cm³/mol. The molecule has 3 aromatic heterocycles. The van der Waals surface area contributed by atoms with Gasteiger partial charge in [-0.3, -0.25) is 4.90 Å². The second-order valence-corrected chi connectivity index (χ2v) is 10.9. The highest BCUT2D eigenvalue weighted by molar-refractivity contribution is 9.10. The van der Waals surface area contributed by atoms with E-state index in [0.29, 0.717) is 35.7 Å². The summed E-state index contributed by atoms with van der Waals surface area (Å²) in [6.07, 6.45) is 5.62. The molecule has 0 N–H and O–H groups in total. The van der Waals surface area contributed by atoms with E-state index in [0.717, 1.165) is 86.4 Å². The first kappa shape index (κ1) is 24.8. The molecule has 0 amide bonds. The molecule has 0 bridgehead atoms. The van der Waals surface area contributed by atoms with E-state index in [-0.39, 0.29) is 0 Å². The predicted octanol–water partition coefficient (Wildman–Crippen LogP) is 4.32. The zero-order valence-electron chi connectivity index (χ0n) is 21.2. The molecule has 3 aromatic rings. The number of carbonyl (C=O) groups excluding carboxylic acids is 1. The normalized spacial score (nSPS) is 19.8. The van der Waals surface area contributed by atoms with Crippen LogP contribution < -0.4 is 4.90 Å². The lowest BCUT2D eigenvalue weighted by Crippen LogP contribution is -2.49. The van der Waals surface area contributed by atoms with Crippen LogP contribution in [0.15, 0.2) is 28.9 Å². The molecule has 5 heterocycles. The van der Waals surface area contributed by atoms with Crippen molar-refractivity contribution in [2.45, 2.75) is 51.0 Å². The van der Waals surface area contributed by atoms with Gasteiger partial charge in [-0.05, 0) is 66.7 Å². The second-order valence-electron chi connectivity index (χ2n) is 10.1. The Morgan fingerprint density at radius 2 is 1.89 bits per heavy atom. The summed E-state index contributed by atoms with van der Waals surface area (Å²) >= 11 is 3.49. The van der Waals surface area contributed by atoms with Gasteiger partial charge in [-0.15, -0.1) is 0 Å². The van der Waals surface area contributed by atoms with Crippen molar-refractivity contribution in [3.8, 4) is 5.82 Å². The molecule has 10 heteroatoms. The van der Waals surface area contributed by atoms with Crippen LogP contribution in [-0.2, 0) is 9.47 Å². The van der Waals surface area contributed by atoms with E-state index < -0.39 is 5.97 Å². The molecule has 0 spiro atoms. The van der Waals surface area contributed by atoms with Crippen molar-refractivity contribution in [1.29, 1.82) is 0 Å². The van der Waals surface area contributed by atoms with Gasteiger partial charge in [0.15, 0.2) is 17.2 Å². The molecule has 0 aromatic carbocycles. The van der Waals surface area contributed by atoms with Crippen LogP contribution in [0, 0.1) is 0 Å². The van der Waals surface area contributed by atoms with Crippen molar-refractivity contribution in [1.82, 2.24) is 24.6 Å². The third-order valence-electron chi connectivity index (χ3n) is 7.91. The summed E-state index contributed by atoms with van der Waals surface area (Å²) < 4.78 is 13.5. The Balaban J connectivity index is 1.44. The van der Waals surface area contributed by atoms with Crippen molar-refractivity contribution in [3.63, 3.8) is 0 Å². The first-order chi connectivity index (χ1) is 18.1. The van der Waals surface area contributed by atoms with Gasteiger partial charge in [0.25, 0.3) is 0 Å². The third kappa shape index (κ3) is 4.86. The Morgan fingerprint density at radius 1 is 1.11 bits per heavy atom. The number of morpholine rings is 1. The summed E-state index contributed by atoms with van der Waals surface area (Å²) in [6, 6.07) is 8.26.